The molecule has 0 saturated heterocycles. The Kier molecular flexibility index (Phi) is 9.71. The molecule has 12 nitrogen and oxygen atoms in total. The molecule has 0 aromatic heterocycles. The number of nitrogen functional groups attached to an aromatic ring is 1. The van der Waals surface area contributed by atoms with Gasteiger partial charge in [-0.2, -0.15) is 6.07 Å². The van der Waals surface area contributed by atoms with E-state index in [-0.39, 0.29) is 75.6 Å². The topological polar surface area (TPSA) is 236 Å². The van der Waals surface area contributed by atoms with E-state index in [4.69, 9.17) is 23.8 Å². The Hall–Kier alpha value is -1.49. The molecule has 1 aliphatic rings. The first-order chi connectivity index (χ1) is 12.8. The zero-order chi connectivity index (χ0) is 21.5. The van der Waals surface area contributed by atoms with Crippen LogP contribution in [0.5, 0.6) is 17.2 Å². The van der Waals surface area contributed by atoms with Crippen LogP contribution < -0.4 is 64.8 Å². The maximum absolute atomic E-state index is 12.3. The zero-order valence-corrected chi connectivity index (χ0v) is 20.9. The van der Waals surface area contributed by atoms with Crippen LogP contribution in [0.1, 0.15) is 15.9 Å². The van der Waals surface area contributed by atoms with Crippen molar-refractivity contribution in [2.75, 3.05) is 5.73 Å². The van der Waals surface area contributed by atoms with E-state index in [1.54, 1.807) is 0 Å². The van der Waals surface area contributed by atoms with Gasteiger partial charge in [0.1, 0.15) is 20.8 Å². The number of carbonyl (C=O) groups is 1. The number of Topliss-reactive ketones (excluding diaryl/α,β-unsaturated/α-hetero) is 1. The van der Waals surface area contributed by atoms with Crippen molar-refractivity contribution in [1.29, 1.82) is 5.41 Å². The molecule has 0 aliphatic heterocycles. The Balaban J connectivity index is 0.00000129. The van der Waals surface area contributed by atoms with Gasteiger partial charge >= 0.3 is 69.7 Å². The Morgan fingerprint density at radius 3 is 1.97 bits per heavy atom. The van der Waals surface area contributed by atoms with Crippen molar-refractivity contribution in [3.63, 3.8) is 0 Å². The molecule has 0 atom stereocenters. The van der Waals surface area contributed by atoms with E-state index in [0.717, 1.165) is 6.07 Å². The van der Waals surface area contributed by atoms with Crippen LogP contribution in [-0.2, 0) is 20.7 Å². The normalized spacial score (nSPS) is 12.5. The number of aromatic hydroxyl groups is 3. The second-order valence-corrected chi connectivity index (χ2v) is 6.96. The molecule has 6 N–H and O–H groups in total. The van der Waals surface area contributed by atoms with Crippen molar-refractivity contribution in [3.8, 4) is 17.2 Å². The number of anilines is 1. The first-order valence-corrected chi connectivity index (χ1v) is 9.18. The van der Waals surface area contributed by atoms with Crippen molar-refractivity contribution >= 4 is 48.7 Å². The molecule has 0 spiro atoms. The van der Waals surface area contributed by atoms with E-state index in [0.29, 0.717) is 6.08 Å². The van der Waals surface area contributed by atoms with Gasteiger partial charge in [-0.15, -0.1) is 18.7 Å². The third-order valence-corrected chi connectivity index (χ3v) is 4.44. The minimum Gasteiger partial charge on any atom is -0.744 e. The number of benzene rings is 2. The number of phenolic OH excluding ortho intramolecular Hbond substituents is 3. The molecule has 2 aromatic carbocycles. The fourth-order valence-corrected chi connectivity index (χ4v) is 3.18. The van der Waals surface area contributed by atoms with Gasteiger partial charge in [-0.1, -0.05) is 11.1 Å². The van der Waals surface area contributed by atoms with Gasteiger partial charge in [-0.05, 0) is 11.5 Å². The van der Waals surface area contributed by atoms with Crippen molar-refractivity contribution in [2.24, 2.45) is 0 Å². The standard InChI is InChI=1S/C14H9N2O7S.2Na.O3S/c15-4-1-2-6(17)10-8(4)14(20)11-9(13(10)19)5(16)3-7(12(11)18)24(21,22)23;;;1-4(2)3/h1,3,16-17,19-20H,15H2,(H,21,22,23);;;/q-1;2*+1;/p-1. The second kappa shape index (κ2) is 10.2. The van der Waals surface area contributed by atoms with Crippen LogP contribution in [0.3, 0.4) is 0 Å². The minimum atomic E-state index is -5.21. The molecular formula is C14H8N2Na2O10S2. The van der Waals surface area contributed by atoms with Crippen LogP contribution in [-0.4, -0.2) is 52.4 Å². The Labute approximate surface area is 214 Å². The third kappa shape index (κ3) is 5.22. The van der Waals surface area contributed by atoms with Gasteiger partial charge in [0.25, 0.3) is 0 Å². The first kappa shape index (κ1) is 28.5. The van der Waals surface area contributed by atoms with E-state index >= 15 is 0 Å². The Bertz CT molecular complexity index is 1310. The predicted octanol–water partition coefficient (Wildman–Crippen LogP) is -6.66. The number of nitrogens with one attached hydrogen (secondary N) is 1. The number of nitrogens with two attached hydrogens (primary N) is 1. The van der Waals surface area contributed by atoms with Crippen molar-refractivity contribution in [1.82, 2.24) is 0 Å². The summed E-state index contributed by atoms with van der Waals surface area (Å²) in [4.78, 5) is 11.1. The molecular weight excluding hydrogens is 466 g/mol. The predicted molar refractivity (Wildman–Crippen MR) is 90.8 cm³/mol. The van der Waals surface area contributed by atoms with Crippen molar-refractivity contribution in [3.05, 3.63) is 34.2 Å². The first-order valence-electron chi connectivity index (χ1n) is 6.77. The second-order valence-electron chi connectivity index (χ2n) is 5.20. The smallest absolute Gasteiger partial charge is 0.744 e. The summed E-state index contributed by atoms with van der Waals surface area (Å²) in [6.07, 6.45) is 0.477. The SMILES string of the molecule is N=C1C=C(S(=O)(=O)[O-])C(=O)c2c1c(O)c1c(O)[c-]cc(N)c1c2O.O=S(=O)=O.[Na+].[Na+]. The molecule has 0 fully saturated rings. The quantitative estimate of drug-likeness (QED) is 0.0856. The van der Waals surface area contributed by atoms with Crippen LogP contribution in [0.25, 0.3) is 10.8 Å². The maximum atomic E-state index is 12.3. The number of phenols is 3. The number of rotatable bonds is 1. The number of carbonyl (C=O) groups excluding carboxylic acids is 1. The molecule has 2 aromatic rings. The van der Waals surface area contributed by atoms with E-state index in [9.17, 15) is 33.1 Å². The molecule has 0 radical (unpaired) electrons. The summed E-state index contributed by atoms with van der Waals surface area (Å²) in [6.45, 7) is 0. The number of fused-ring (bicyclic) bond motifs is 2. The summed E-state index contributed by atoms with van der Waals surface area (Å²) >= 11 is 0. The van der Waals surface area contributed by atoms with E-state index in [1.165, 1.54) is 0 Å². The number of hydrogen-bond donors (Lipinski definition) is 5. The van der Waals surface area contributed by atoms with Crippen LogP contribution in [0, 0.1) is 11.5 Å². The molecule has 0 heterocycles. The number of allylic oxidation sites excluding steroid dienone is 2. The van der Waals surface area contributed by atoms with Gasteiger partial charge in [0, 0.05) is 11.3 Å². The van der Waals surface area contributed by atoms with Crippen LogP contribution in [0.15, 0.2) is 17.0 Å². The summed E-state index contributed by atoms with van der Waals surface area (Å²) in [7, 11) is -8.32. The monoisotopic (exact) mass is 474 g/mol. The third-order valence-electron chi connectivity index (χ3n) is 3.60. The van der Waals surface area contributed by atoms with E-state index in [2.05, 4.69) is 6.07 Å². The summed E-state index contributed by atoms with van der Waals surface area (Å²) in [5.41, 5.74) is 3.52. The minimum absolute atomic E-state index is 0. The molecule has 30 heavy (non-hydrogen) atoms. The fourth-order valence-electron chi connectivity index (χ4n) is 2.59. The molecule has 1 aliphatic carbocycles. The van der Waals surface area contributed by atoms with Gasteiger partial charge in [0.05, 0.1) is 17.0 Å². The van der Waals surface area contributed by atoms with E-state index < -0.39 is 65.5 Å². The molecule has 0 saturated carbocycles. The van der Waals surface area contributed by atoms with Crippen molar-refractivity contribution < 1.29 is 105 Å². The average molecular weight is 474 g/mol. The summed E-state index contributed by atoms with van der Waals surface area (Å²) in [5, 5.41) is 37.6. The zero-order valence-electron chi connectivity index (χ0n) is 15.2. The van der Waals surface area contributed by atoms with Crippen LogP contribution >= 0.6 is 0 Å². The average Bonchev–Trinajstić information content (AvgIpc) is 2.54. The Morgan fingerprint density at radius 2 is 1.50 bits per heavy atom. The van der Waals surface area contributed by atoms with Gasteiger partial charge < -0.3 is 31.0 Å². The summed E-state index contributed by atoms with van der Waals surface area (Å²) < 4.78 is 58.9. The van der Waals surface area contributed by atoms with Crippen molar-refractivity contribution in [2.45, 2.75) is 0 Å². The number of ketones is 1. The summed E-state index contributed by atoms with van der Waals surface area (Å²) in [5.74, 6) is -3.60. The maximum Gasteiger partial charge on any atom is 1.00 e. The van der Waals surface area contributed by atoms with Crippen LogP contribution in [0.2, 0.25) is 0 Å². The van der Waals surface area contributed by atoms with Crippen LogP contribution in [0.4, 0.5) is 5.69 Å². The largest absolute Gasteiger partial charge is 1.00 e. The fraction of sp³-hybridized carbons (Fsp3) is 0. The number of hydrogen-bond acceptors (Lipinski definition) is 12. The molecule has 3 rings (SSSR count). The van der Waals surface area contributed by atoms with Gasteiger partial charge in [-0.25, -0.2) is 8.42 Å². The van der Waals surface area contributed by atoms with Gasteiger partial charge in [0.2, 0.25) is 5.78 Å². The molecule has 0 amide bonds. The van der Waals surface area contributed by atoms with Gasteiger partial charge in [-0.3, -0.25) is 4.79 Å². The Morgan fingerprint density at radius 1 is 1.03 bits per heavy atom. The molecule has 0 unspecified atom stereocenters. The molecule has 16 heteroatoms. The van der Waals surface area contributed by atoms with Gasteiger partial charge in [0.15, 0.2) is 0 Å². The molecule has 0 bridgehead atoms. The summed E-state index contributed by atoms with van der Waals surface area (Å²) in [6, 6.07) is 3.39. The van der Waals surface area contributed by atoms with E-state index in [1.807, 2.05) is 0 Å². The molecule has 148 valence electrons.